The fraction of sp³-hybridized carbons (Fsp3) is 0.276. The molecule has 11 heteroatoms. The number of piperazine rings is 1. The Bertz CT molecular complexity index is 1500. The van der Waals surface area contributed by atoms with Gasteiger partial charge in [-0.2, -0.15) is 0 Å². The van der Waals surface area contributed by atoms with Gasteiger partial charge in [0.25, 0.3) is 11.6 Å². The number of anilines is 1. The summed E-state index contributed by atoms with van der Waals surface area (Å²) in [5.74, 6) is 1.19. The number of methoxy groups -OCH3 is 1. The van der Waals surface area contributed by atoms with E-state index in [-0.39, 0.29) is 30.6 Å². The highest BCUT2D eigenvalue weighted by atomic mass is 35.5. The number of para-hydroxylation sites is 1. The molecular weight excluding hydrogens is 534 g/mol. The molecular formula is C29H32ClN5O5. The molecule has 2 heterocycles. The molecule has 1 amide bonds. The van der Waals surface area contributed by atoms with Gasteiger partial charge in [-0.15, -0.1) is 12.4 Å². The van der Waals surface area contributed by atoms with E-state index in [0.29, 0.717) is 44.2 Å². The van der Waals surface area contributed by atoms with Gasteiger partial charge in [0.2, 0.25) is 0 Å². The van der Waals surface area contributed by atoms with E-state index in [1.807, 2.05) is 48.7 Å². The number of carbonyl (C=O) groups excluding carboxylic acids is 1. The predicted octanol–water partition coefficient (Wildman–Crippen LogP) is 4.40. The van der Waals surface area contributed by atoms with Crippen molar-refractivity contribution < 1.29 is 19.2 Å². The summed E-state index contributed by atoms with van der Waals surface area (Å²) in [4.78, 5) is 31.2. The molecule has 0 atom stereocenters. The topological polar surface area (TPSA) is 127 Å². The Morgan fingerprint density at radius 2 is 1.82 bits per heavy atom. The molecule has 0 spiro atoms. The number of nitro benzene ring substituents is 1. The van der Waals surface area contributed by atoms with E-state index < -0.39 is 4.92 Å². The van der Waals surface area contributed by atoms with Crippen LogP contribution in [0, 0.1) is 10.1 Å². The first-order valence-corrected chi connectivity index (χ1v) is 12.9. The van der Waals surface area contributed by atoms with Crippen LogP contribution in [0.15, 0.2) is 66.9 Å². The van der Waals surface area contributed by atoms with Crippen LogP contribution in [0.4, 0.5) is 11.4 Å². The Labute approximate surface area is 238 Å². The molecule has 0 unspecified atom stereocenters. The number of carbonyl (C=O) groups is 1. The normalized spacial score (nSPS) is 13.2. The van der Waals surface area contributed by atoms with Crippen LogP contribution >= 0.6 is 12.4 Å². The fourth-order valence-corrected chi connectivity index (χ4v) is 5.04. The molecule has 1 fully saturated rings. The standard InChI is InChI=1S/C29H31N5O5.ClH/c1-38-28-5-3-2-4-23(28)25-16-21(34(36)37)6-9-27(25)32-12-14-33(15-13-32)29(35)19-39-22-7-8-26-24(17-22)20(10-11-30)18-31-26;/h2-9,16-18,31H,10-15,19,30H2,1H3;1H. The number of ether oxygens (including phenoxy) is 2. The average Bonchev–Trinajstić information content (AvgIpc) is 3.37. The first-order chi connectivity index (χ1) is 19.0. The van der Waals surface area contributed by atoms with Crippen LogP contribution in [0.3, 0.4) is 0 Å². The molecule has 5 rings (SSSR count). The fourth-order valence-electron chi connectivity index (χ4n) is 5.04. The molecule has 1 aliphatic rings. The van der Waals surface area contributed by atoms with Crippen LogP contribution in [0.5, 0.6) is 11.5 Å². The summed E-state index contributed by atoms with van der Waals surface area (Å²) in [5, 5.41) is 12.6. The first kappa shape index (κ1) is 28.7. The molecule has 0 bridgehead atoms. The van der Waals surface area contributed by atoms with Gasteiger partial charge >= 0.3 is 0 Å². The Morgan fingerprint density at radius 3 is 2.55 bits per heavy atom. The van der Waals surface area contributed by atoms with Crippen LogP contribution in [-0.2, 0) is 11.2 Å². The second-order valence-corrected chi connectivity index (χ2v) is 9.38. The quantitative estimate of drug-likeness (QED) is 0.227. The number of nitrogens with one attached hydrogen (secondary N) is 1. The van der Waals surface area contributed by atoms with Gasteiger partial charge in [-0.3, -0.25) is 14.9 Å². The molecule has 210 valence electrons. The highest BCUT2D eigenvalue weighted by Gasteiger charge is 2.25. The minimum atomic E-state index is -0.397. The highest BCUT2D eigenvalue weighted by molar-refractivity contribution is 5.86. The minimum Gasteiger partial charge on any atom is -0.496 e. The Balaban J connectivity index is 0.00000370. The molecule has 40 heavy (non-hydrogen) atoms. The number of non-ortho nitro benzene ring substituents is 1. The molecule has 0 radical (unpaired) electrons. The SMILES string of the molecule is COc1ccccc1-c1cc([N+](=O)[O-])ccc1N1CCN(C(=O)COc2ccc3[nH]cc(CCN)c3c2)CC1.Cl. The van der Waals surface area contributed by atoms with E-state index in [2.05, 4.69) is 9.88 Å². The molecule has 0 aliphatic carbocycles. The molecule has 1 aromatic heterocycles. The third-order valence-corrected chi connectivity index (χ3v) is 7.08. The summed E-state index contributed by atoms with van der Waals surface area (Å²) < 4.78 is 11.4. The Hall–Kier alpha value is -4.28. The van der Waals surface area contributed by atoms with E-state index in [9.17, 15) is 14.9 Å². The average molecular weight is 566 g/mol. The number of nitro groups is 1. The van der Waals surface area contributed by atoms with Crippen LogP contribution in [0.1, 0.15) is 5.56 Å². The predicted molar refractivity (Wildman–Crippen MR) is 158 cm³/mol. The number of halogens is 1. The number of nitrogens with zero attached hydrogens (tertiary/aromatic N) is 3. The number of nitrogens with two attached hydrogens (primary N) is 1. The molecule has 10 nitrogen and oxygen atoms in total. The summed E-state index contributed by atoms with van der Waals surface area (Å²) in [6, 6.07) is 18.1. The number of amides is 1. The van der Waals surface area contributed by atoms with Crippen molar-refractivity contribution in [1.82, 2.24) is 9.88 Å². The molecule has 3 N–H and O–H groups in total. The van der Waals surface area contributed by atoms with Crippen molar-refractivity contribution in [3.8, 4) is 22.6 Å². The summed E-state index contributed by atoms with van der Waals surface area (Å²) in [6.07, 6.45) is 2.72. The van der Waals surface area contributed by atoms with Gasteiger partial charge < -0.3 is 30.0 Å². The van der Waals surface area contributed by atoms with Gasteiger partial charge in [0.15, 0.2) is 6.61 Å². The van der Waals surface area contributed by atoms with E-state index in [1.165, 1.54) is 6.07 Å². The summed E-state index contributed by atoms with van der Waals surface area (Å²) >= 11 is 0. The van der Waals surface area contributed by atoms with Crippen molar-refractivity contribution >= 4 is 40.6 Å². The number of rotatable bonds is 9. The maximum absolute atomic E-state index is 13.0. The lowest BCUT2D eigenvalue weighted by molar-refractivity contribution is -0.384. The van der Waals surface area contributed by atoms with Crippen LogP contribution < -0.4 is 20.1 Å². The molecule has 4 aromatic rings. The summed E-state index contributed by atoms with van der Waals surface area (Å²) in [6.45, 7) is 2.71. The van der Waals surface area contributed by atoms with Gasteiger partial charge in [0, 0.05) is 72.2 Å². The number of fused-ring (bicyclic) bond motifs is 1. The van der Waals surface area contributed by atoms with E-state index in [4.69, 9.17) is 15.2 Å². The summed E-state index contributed by atoms with van der Waals surface area (Å²) in [7, 11) is 1.58. The lowest BCUT2D eigenvalue weighted by atomic mass is 10.0. The smallest absolute Gasteiger partial charge is 0.270 e. The monoisotopic (exact) mass is 565 g/mol. The maximum atomic E-state index is 13.0. The highest BCUT2D eigenvalue weighted by Crippen LogP contribution is 2.39. The Kier molecular flexibility index (Phi) is 9.13. The number of aromatic nitrogens is 1. The summed E-state index contributed by atoms with van der Waals surface area (Å²) in [5.41, 5.74) is 10.2. The van der Waals surface area contributed by atoms with Crippen molar-refractivity contribution in [1.29, 1.82) is 0 Å². The van der Waals surface area contributed by atoms with Gasteiger partial charge in [-0.1, -0.05) is 18.2 Å². The molecule has 1 saturated heterocycles. The minimum absolute atomic E-state index is 0. The zero-order valence-electron chi connectivity index (χ0n) is 22.2. The van der Waals surface area contributed by atoms with Crippen LogP contribution in [0.2, 0.25) is 0 Å². The number of hydrogen-bond donors (Lipinski definition) is 2. The zero-order valence-corrected chi connectivity index (χ0v) is 23.0. The molecule has 0 saturated carbocycles. The van der Waals surface area contributed by atoms with Gasteiger partial charge in [-0.05, 0) is 48.9 Å². The van der Waals surface area contributed by atoms with Gasteiger partial charge in [0.05, 0.1) is 12.0 Å². The maximum Gasteiger partial charge on any atom is 0.270 e. The first-order valence-electron chi connectivity index (χ1n) is 12.9. The second-order valence-electron chi connectivity index (χ2n) is 9.38. The van der Waals surface area contributed by atoms with Crippen LogP contribution in [0.25, 0.3) is 22.0 Å². The zero-order chi connectivity index (χ0) is 27.4. The van der Waals surface area contributed by atoms with Gasteiger partial charge in [-0.25, -0.2) is 0 Å². The third kappa shape index (κ3) is 5.98. The van der Waals surface area contributed by atoms with Crippen molar-refractivity contribution in [3.05, 3.63) is 82.5 Å². The lowest BCUT2D eigenvalue weighted by Crippen LogP contribution is -2.50. The largest absolute Gasteiger partial charge is 0.496 e. The number of hydrogen-bond acceptors (Lipinski definition) is 7. The van der Waals surface area contributed by atoms with E-state index in [0.717, 1.165) is 39.7 Å². The number of benzene rings is 3. The lowest BCUT2D eigenvalue weighted by Gasteiger charge is -2.37. The van der Waals surface area contributed by atoms with Crippen molar-refractivity contribution in [2.45, 2.75) is 6.42 Å². The van der Waals surface area contributed by atoms with E-state index in [1.54, 1.807) is 24.1 Å². The Morgan fingerprint density at radius 1 is 1.05 bits per heavy atom. The number of aromatic amines is 1. The van der Waals surface area contributed by atoms with E-state index >= 15 is 0 Å². The van der Waals surface area contributed by atoms with Crippen LogP contribution in [-0.4, -0.2) is 67.2 Å². The number of H-pyrrole nitrogens is 1. The van der Waals surface area contributed by atoms with Crippen molar-refractivity contribution in [2.75, 3.05) is 51.3 Å². The third-order valence-electron chi connectivity index (χ3n) is 7.08. The van der Waals surface area contributed by atoms with Crippen molar-refractivity contribution in [2.24, 2.45) is 5.73 Å². The van der Waals surface area contributed by atoms with Gasteiger partial charge in [0.1, 0.15) is 11.5 Å². The molecule has 3 aromatic carbocycles. The molecule has 1 aliphatic heterocycles. The van der Waals surface area contributed by atoms with Crippen molar-refractivity contribution in [3.63, 3.8) is 0 Å². The second kappa shape index (κ2) is 12.7.